The standard InChI is InChI=1S/C17H27N3O/c1-15(2)14-20(9-8-19(3)4)10-11-21-17-7-5-6-16(12-17)13-18/h5-7,12,15H,8-11,14H2,1-4H3. The second kappa shape index (κ2) is 9.38. The molecule has 0 aliphatic carbocycles. The van der Waals surface area contributed by atoms with Crippen LogP contribution in [0.4, 0.5) is 0 Å². The third-order valence-corrected chi connectivity index (χ3v) is 3.13. The predicted octanol–water partition coefficient (Wildman–Crippen LogP) is 2.46. The summed E-state index contributed by atoms with van der Waals surface area (Å²) in [6.07, 6.45) is 0. The van der Waals surface area contributed by atoms with Crippen molar-refractivity contribution in [1.82, 2.24) is 9.80 Å². The molecule has 0 unspecified atom stereocenters. The quantitative estimate of drug-likeness (QED) is 0.700. The Morgan fingerprint density at radius 3 is 2.57 bits per heavy atom. The first-order valence-corrected chi connectivity index (χ1v) is 7.51. The molecule has 0 aromatic heterocycles. The van der Waals surface area contributed by atoms with Crippen molar-refractivity contribution in [1.29, 1.82) is 5.26 Å². The average Bonchev–Trinajstić information content (AvgIpc) is 2.44. The molecule has 1 aromatic rings. The summed E-state index contributed by atoms with van der Waals surface area (Å²) in [5.74, 6) is 1.42. The van der Waals surface area contributed by atoms with Crippen molar-refractivity contribution in [3.05, 3.63) is 29.8 Å². The van der Waals surface area contributed by atoms with Gasteiger partial charge in [-0.05, 0) is 38.2 Å². The van der Waals surface area contributed by atoms with Crippen molar-refractivity contribution in [2.24, 2.45) is 5.92 Å². The zero-order valence-corrected chi connectivity index (χ0v) is 13.7. The van der Waals surface area contributed by atoms with Gasteiger partial charge in [-0.3, -0.25) is 4.90 Å². The predicted molar refractivity (Wildman–Crippen MR) is 86.5 cm³/mol. The van der Waals surface area contributed by atoms with Gasteiger partial charge in [0.2, 0.25) is 0 Å². The molecule has 1 aromatic carbocycles. The van der Waals surface area contributed by atoms with Crippen LogP contribution in [0.2, 0.25) is 0 Å². The maximum atomic E-state index is 8.88. The number of hydrogen-bond acceptors (Lipinski definition) is 4. The van der Waals surface area contributed by atoms with E-state index in [4.69, 9.17) is 10.00 Å². The van der Waals surface area contributed by atoms with Gasteiger partial charge in [-0.1, -0.05) is 19.9 Å². The van der Waals surface area contributed by atoms with Gasteiger partial charge in [-0.15, -0.1) is 0 Å². The molecule has 0 bridgehead atoms. The molecule has 0 fully saturated rings. The minimum Gasteiger partial charge on any atom is -0.492 e. The van der Waals surface area contributed by atoms with Gasteiger partial charge in [0.1, 0.15) is 12.4 Å². The number of benzene rings is 1. The Balaban J connectivity index is 2.42. The van der Waals surface area contributed by atoms with E-state index in [2.05, 4.69) is 43.8 Å². The first kappa shape index (κ1) is 17.5. The second-order valence-electron chi connectivity index (χ2n) is 5.99. The van der Waals surface area contributed by atoms with Crippen LogP contribution in [0.1, 0.15) is 19.4 Å². The average molecular weight is 289 g/mol. The van der Waals surface area contributed by atoms with Crippen molar-refractivity contribution in [2.75, 3.05) is 46.9 Å². The molecule has 0 amide bonds. The summed E-state index contributed by atoms with van der Waals surface area (Å²) >= 11 is 0. The highest BCUT2D eigenvalue weighted by atomic mass is 16.5. The Hall–Kier alpha value is -1.57. The van der Waals surface area contributed by atoms with E-state index in [0.717, 1.165) is 31.9 Å². The van der Waals surface area contributed by atoms with Crippen LogP contribution in [0.3, 0.4) is 0 Å². The highest BCUT2D eigenvalue weighted by Gasteiger charge is 2.08. The minimum absolute atomic E-state index is 0.638. The fraction of sp³-hybridized carbons (Fsp3) is 0.588. The van der Waals surface area contributed by atoms with E-state index in [1.165, 1.54) is 0 Å². The van der Waals surface area contributed by atoms with E-state index in [0.29, 0.717) is 18.1 Å². The zero-order chi connectivity index (χ0) is 15.7. The van der Waals surface area contributed by atoms with Crippen LogP contribution in [0.15, 0.2) is 24.3 Å². The lowest BCUT2D eigenvalue weighted by molar-refractivity contribution is 0.179. The van der Waals surface area contributed by atoms with E-state index < -0.39 is 0 Å². The summed E-state index contributed by atoms with van der Waals surface area (Å²) in [7, 11) is 4.19. The number of nitriles is 1. The molecule has 0 spiro atoms. The summed E-state index contributed by atoms with van der Waals surface area (Å²) < 4.78 is 5.76. The summed E-state index contributed by atoms with van der Waals surface area (Å²) in [6.45, 7) is 9.20. The zero-order valence-electron chi connectivity index (χ0n) is 13.7. The van der Waals surface area contributed by atoms with E-state index >= 15 is 0 Å². The van der Waals surface area contributed by atoms with E-state index in [-0.39, 0.29) is 0 Å². The van der Waals surface area contributed by atoms with E-state index in [1.54, 1.807) is 12.1 Å². The van der Waals surface area contributed by atoms with Gasteiger partial charge in [0, 0.05) is 26.2 Å². The molecule has 21 heavy (non-hydrogen) atoms. The van der Waals surface area contributed by atoms with Crippen LogP contribution in [-0.2, 0) is 0 Å². The molecule has 4 heteroatoms. The first-order chi connectivity index (χ1) is 10.0. The van der Waals surface area contributed by atoms with Crippen molar-refractivity contribution in [2.45, 2.75) is 13.8 Å². The topological polar surface area (TPSA) is 39.5 Å². The van der Waals surface area contributed by atoms with Gasteiger partial charge in [0.25, 0.3) is 0 Å². The second-order valence-corrected chi connectivity index (χ2v) is 5.99. The summed E-state index contributed by atoms with van der Waals surface area (Å²) in [4.78, 5) is 4.63. The minimum atomic E-state index is 0.638. The number of hydrogen-bond donors (Lipinski definition) is 0. The molecule has 0 N–H and O–H groups in total. The molecular weight excluding hydrogens is 262 g/mol. The third-order valence-electron chi connectivity index (χ3n) is 3.13. The fourth-order valence-corrected chi connectivity index (χ4v) is 2.10. The molecule has 0 atom stereocenters. The Labute approximate surface area is 128 Å². The van der Waals surface area contributed by atoms with E-state index in [1.807, 2.05) is 12.1 Å². The van der Waals surface area contributed by atoms with Crippen molar-refractivity contribution in [3.63, 3.8) is 0 Å². The molecule has 0 saturated carbocycles. The maximum Gasteiger partial charge on any atom is 0.120 e. The molecule has 0 saturated heterocycles. The van der Waals surface area contributed by atoms with Gasteiger partial charge in [-0.2, -0.15) is 5.26 Å². The van der Waals surface area contributed by atoms with Gasteiger partial charge in [-0.25, -0.2) is 0 Å². The molecule has 0 radical (unpaired) electrons. The van der Waals surface area contributed by atoms with Gasteiger partial charge < -0.3 is 9.64 Å². The molecule has 0 aliphatic rings. The van der Waals surface area contributed by atoms with Crippen LogP contribution in [0.5, 0.6) is 5.75 Å². The normalized spacial score (nSPS) is 11.1. The van der Waals surface area contributed by atoms with Crippen LogP contribution in [-0.4, -0.2) is 56.7 Å². The summed E-state index contributed by atoms with van der Waals surface area (Å²) in [6, 6.07) is 9.45. The SMILES string of the molecule is CC(C)CN(CCOc1cccc(C#N)c1)CCN(C)C. The molecular formula is C17H27N3O. The van der Waals surface area contributed by atoms with Crippen LogP contribution in [0, 0.1) is 17.2 Å². The summed E-state index contributed by atoms with van der Waals surface area (Å²) in [5, 5.41) is 8.88. The first-order valence-electron chi connectivity index (χ1n) is 7.51. The third kappa shape index (κ3) is 7.69. The summed E-state index contributed by atoms with van der Waals surface area (Å²) in [5.41, 5.74) is 0.638. The lowest BCUT2D eigenvalue weighted by Gasteiger charge is -2.25. The molecule has 116 valence electrons. The smallest absolute Gasteiger partial charge is 0.120 e. The highest BCUT2D eigenvalue weighted by Crippen LogP contribution is 2.12. The molecule has 1 rings (SSSR count). The molecule has 4 nitrogen and oxygen atoms in total. The lowest BCUT2D eigenvalue weighted by Crippen LogP contribution is -2.37. The van der Waals surface area contributed by atoms with Crippen molar-refractivity contribution >= 4 is 0 Å². The molecule has 0 aliphatic heterocycles. The maximum absolute atomic E-state index is 8.88. The lowest BCUT2D eigenvalue weighted by atomic mass is 10.2. The highest BCUT2D eigenvalue weighted by molar-refractivity contribution is 5.36. The number of nitrogens with zero attached hydrogens (tertiary/aromatic N) is 3. The van der Waals surface area contributed by atoms with Gasteiger partial charge in [0.05, 0.1) is 11.6 Å². The van der Waals surface area contributed by atoms with Gasteiger partial charge >= 0.3 is 0 Å². The van der Waals surface area contributed by atoms with Crippen LogP contribution < -0.4 is 4.74 Å². The van der Waals surface area contributed by atoms with Crippen molar-refractivity contribution < 1.29 is 4.74 Å². The number of likely N-dealkylation sites (N-methyl/N-ethyl adjacent to an activating group) is 1. The Morgan fingerprint density at radius 1 is 1.19 bits per heavy atom. The fourth-order valence-electron chi connectivity index (χ4n) is 2.10. The van der Waals surface area contributed by atoms with Crippen LogP contribution in [0.25, 0.3) is 0 Å². The van der Waals surface area contributed by atoms with Crippen LogP contribution >= 0.6 is 0 Å². The Morgan fingerprint density at radius 2 is 1.95 bits per heavy atom. The number of ether oxygens (including phenoxy) is 1. The monoisotopic (exact) mass is 289 g/mol. The Kier molecular flexibility index (Phi) is 7.81. The number of rotatable bonds is 9. The van der Waals surface area contributed by atoms with E-state index in [9.17, 15) is 0 Å². The molecule has 0 heterocycles. The largest absolute Gasteiger partial charge is 0.492 e. The Bertz CT molecular complexity index is 452. The van der Waals surface area contributed by atoms with Gasteiger partial charge in [0.15, 0.2) is 0 Å². The van der Waals surface area contributed by atoms with Crippen molar-refractivity contribution in [3.8, 4) is 11.8 Å².